The van der Waals surface area contributed by atoms with Gasteiger partial charge in [-0.3, -0.25) is 0 Å². The first-order valence-electron chi connectivity index (χ1n) is 5.38. The van der Waals surface area contributed by atoms with Crippen LogP contribution in [0.15, 0.2) is 21.5 Å². The molecule has 0 unspecified atom stereocenters. The standard InChI is InChI=1S/C10H13N7OS/c1-5-4-7(8(11)16-18)13-9(12-5)19-10-15-14-6(2)17(10)3/h4,18H,1-3H3,(H2,11,16). The third-order valence-corrected chi connectivity index (χ3v) is 3.34. The molecule has 0 aliphatic heterocycles. The van der Waals surface area contributed by atoms with Gasteiger partial charge in [0.05, 0.1) is 0 Å². The number of aromatic nitrogens is 5. The molecule has 0 atom stereocenters. The molecule has 0 saturated carbocycles. The van der Waals surface area contributed by atoms with Crippen molar-refractivity contribution in [3.8, 4) is 0 Å². The van der Waals surface area contributed by atoms with E-state index in [4.69, 9.17) is 10.9 Å². The highest BCUT2D eigenvalue weighted by molar-refractivity contribution is 7.99. The van der Waals surface area contributed by atoms with Gasteiger partial charge in [-0.2, -0.15) is 0 Å². The number of nitrogens with two attached hydrogens (primary N) is 1. The largest absolute Gasteiger partial charge is 0.409 e. The number of hydrogen-bond acceptors (Lipinski definition) is 7. The fourth-order valence-electron chi connectivity index (χ4n) is 1.33. The van der Waals surface area contributed by atoms with E-state index in [-0.39, 0.29) is 5.84 Å². The van der Waals surface area contributed by atoms with Crippen molar-refractivity contribution < 1.29 is 5.21 Å². The molecule has 0 bridgehead atoms. The topological polar surface area (TPSA) is 115 Å². The molecule has 9 heteroatoms. The lowest BCUT2D eigenvalue weighted by Gasteiger charge is -2.04. The van der Waals surface area contributed by atoms with Crippen LogP contribution in [0.3, 0.4) is 0 Å². The molecule has 0 spiro atoms. The Hall–Kier alpha value is -2.16. The van der Waals surface area contributed by atoms with Gasteiger partial charge in [0, 0.05) is 12.7 Å². The maximum Gasteiger partial charge on any atom is 0.198 e. The number of oxime groups is 1. The van der Waals surface area contributed by atoms with Gasteiger partial charge in [0.2, 0.25) is 0 Å². The van der Waals surface area contributed by atoms with E-state index in [1.165, 1.54) is 11.8 Å². The van der Waals surface area contributed by atoms with E-state index in [9.17, 15) is 0 Å². The zero-order valence-electron chi connectivity index (χ0n) is 10.7. The van der Waals surface area contributed by atoms with Crippen LogP contribution < -0.4 is 5.73 Å². The Bertz CT molecular complexity index is 637. The quantitative estimate of drug-likeness (QED) is 0.276. The van der Waals surface area contributed by atoms with Crippen LogP contribution >= 0.6 is 11.8 Å². The van der Waals surface area contributed by atoms with Crippen LogP contribution in [0, 0.1) is 13.8 Å². The van der Waals surface area contributed by atoms with Crippen molar-refractivity contribution in [2.24, 2.45) is 17.9 Å². The Morgan fingerprint density at radius 2 is 2.11 bits per heavy atom. The summed E-state index contributed by atoms with van der Waals surface area (Å²) < 4.78 is 1.83. The smallest absolute Gasteiger partial charge is 0.198 e. The molecule has 3 N–H and O–H groups in total. The summed E-state index contributed by atoms with van der Waals surface area (Å²) in [4.78, 5) is 8.48. The van der Waals surface area contributed by atoms with E-state index in [0.29, 0.717) is 16.0 Å². The van der Waals surface area contributed by atoms with Crippen LogP contribution in [0.2, 0.25) is 0 Å². The van der Waals surface area contributed by atoms with E-state index >= 15 is 0 Å². The molecule has 19 heavy (non-hydrogen) atoms. The minimum Gasteiger partial charge on any atom is -0.409 e. The summed E-state index contributed by atoms with van der Waals surface area (Å²) in [6.45, 7) is 3.66. The first kappa shape index (κ1) is 13.3. The Morgan fingerprint density at radius 1 is 1.37 bits per heavy atom. The van der Waals surface area contributed by atoms with Gasteiger partial charge in [0.25, 0.3) is 0 Å². The summed E-state index contributed by atoms with van der Waals surface area (Å²) >= 11 is 1.27. The molecule has 0 aliphatic rings. The second-order valence-electron chi connectivity index (χ2n) is 3.85. The molecule has 2 rings (SSSR count). The molecule has 0 aromatic carbocycles. The zero-order valence-corrected chi connectivity index (χ0v) is 11.5. The van der Waals surface area contributed by atoms with Crippen molar-refractivity contribution in [2.45, 2.75) is 24.2 Å². The Morgan fingerprint density at radius 3 is 2.68 bits per heavy atom. The van der Waals surface area contributed by atoms with Crippen molar-refractivity contribution in [1.29, 1.82) is 0 Å². The van der Waals surface area contributed by atoms with Crippen LogP contribution in [-0.2, 0) is 7.05 Å². The van der Waals surface area contributed by atoms with Crippen LogP contribution in [0.1, 0.15) is 17.2 Å². The lowest BCUT2D eigenvalue weighted by Crippen LogP contribution is -2.16. The van der Waals surface area contributed by atoms with Crippen LogP contribution in [-0.4, -0.2) is 35.8 Å². The zero-order chi connectivity index (χ0) is 14.0. The summed E-state index contributed by atoms with van der Waals surface area (Å²) in [6, 6.07) is 1.64. The summed E-state index contributed by atoms with van der Waals surface area (Å²) in [7, 11) is 1.86. The van der Waals surface area contributed by atoms with Gasteiger partial charge < -0.3 is 15.5 Å². The minimum absolute atomic E-state index is 0.0542. The van der Waals surface area contributed by atoms with Gasteiger partial charge in [-0.05, 0) is 31.7 Å². The van der Waals surface area contributed by atoms with Gasteiger partial charge >= 0.3 is 0 Å². The normalized spacial score (nSPS) is 11.8. The summed E-state index contributed by atoms with van der Waals surface area (Å²) in [6.07, 6.45) is 0. The Labute approximate surface area is 113 Å². The summed E-state index contributed by atoms with van der Waals surface area (Å²) in [5.41, 5.74) is 6.62. The minimum atomic E-state index is -0.0542. The molecule has 8 nitrogen and oxygen atoms in total. The first-order chi connectivity index (χ1) is 9.01. The number of rotatable bonds is 3. The van der Waals surface area contributed by atoms with E-state index in [2.05, 4.69) is 25.3 Å². The van der Waals surface area contributed by atoms with Crippen molar-refractivity contribution in [3.05, 3.63) is 23.3 Å². The van der Waals surface area contributed by atoms with Crippen molar-refractivity contribution >= 4 is 17.6 Å². The Balaban J connectivity index is 2.35. The highest BCUT2D eigenvalue weighted by atomic mass is 32.2. The van der Waals surface area contributed by atoms with E-state index in [1.54, 1.807) is 6.07 Å². The molecule has 0 aliphatic carbocycles. The average molecular weight is 279 g/mol. The molecule has 0 fully saturated rings. The highest BCUT2D eigenvalue weighted by Crippen LogP contribution is 2.23. The van der Waals surface area contributed by atoms with Crippen molar-refractivity contribution in [2.75, 3.05) is 0 Å². The molecule has 0 amide bonds. The Kier molecular flexibility index (Phi) is 3.65. The van der Waals surface area contributed by atoms with Crippen LogP contribution in [0.25, 0.3) is 0 Å². The van der Waals surface area contributed by atoms with E-state index in [0.717, 1.165) is 11.5 Å². The van der Waals surface area contributed by atoms with Gasteiger partial charge in [0.15, 0.2) is 16.1 Å². The van der Waals surface area contributed by atoms with Gasteiger partial charge in [-0.1, -0.05) is 5.16 Å². The number of nitrogens with zero attached hydrogens (tertiary/aromatic N) is 6. The molecule has 2 aromatic rings. The second kappa shape index (κ2) is 5.22. The highest BCUT2D eigenvalue weighted by Gasteiger charge is 2.12. The van der Waals surface area contributed by atoms with Crippen molar-refractivity contribution in [1.82, 2.24) is 24.7 Å². The lowest BCUT2D eigenvalue weighted by atomic mass is 10.3. The number of amidine groups is 1. The van der Waals surface area contributed by atoms with E-state index in [1.807, 2.05) is 25.5 Å². The average Bonchev–Trinajstić information content (AvgIpc) is 2.69. The molecule has 2 aromatic heterocycles. The molecule has 0 saturated heterocycles. The maximum absolute atomic E-state index is 8.68. The fraction of sp³-hybridized carbons (Fsp3) is 0.300. The molecule has 0 radical (unpaired) electrons. The van der Waals surface area contributed by atoms with Crippen LogP contribution in [0.4, 0.5) is 0 Å². The summed E-state index contributed by atoms with van der Waals surface area (Å²) in [5.74, 6) is 0.744. The second-order valence-corrected chi connectivity index (χ2v) is 4.79. The third kappa shape index (κ3) is 2.81. The molecule has 100 valence electrons. The first-order valence-corrected chi connectivity index (χ1v) is 6.20. The number of aryl methyl sites for hydroxylation is 2. The molecular formula is C10H13N7OS. The SMILES string of the molecule is Cc1cc(/C(N)=N/O)nc(Sc2nnc(C)n2C)n1. The number of hydrogen-bond donors (Lipinski definition) is 2. The molecular weight excluding hydrogens is 266 g/mol. The monoisotopic (exact) mass is 279 g/mol. The van der Waals surface area contributed by atoms with Crippen LogP contribution in [0.5, 0.6) is 0 Å². The fourth-order valence-corrected chi connectivity index (χ4v) is 2.18. The van der Waals surface area contributed by atoms with Gasteiger partial charge in [-0.25, -0.2) is 9.97 Å². The van der Waals surface area contributed by atoms with E-state index < -0.39 is 0 Å². The lowest BCUT2D eigenvalue weighted by molar-refractivity contribution is 0.318. The predicted molar refractivity (Wildman–Crippen MR) is 69.1 cm³/mol. The maximum atomic E-state index is 8.68. The van der Waals surface area contributed by atoms with Gasteiger partial charge in [-0.15, -0.1) is 10.2 Å². The van der Waals surface area contributed by atoms with Crippen molar-refractivity contribution in [3.63, 3.8) is 0 Å². The molecule has 2 heterocycles. The van der Waals surface area contributed by atoms with Gasteiger partial charge in [0.1, 0.15) is 11.5 Å². The summed E-state index contributed by atoms with van der Waals surface area (Å²) in [5, 5.41) is 20.7. The predicted octanol–water partition coefficient (Wildman–Crippen LogP) is 0.468. The third-order valence-electron chi connectivity index (χ3n) is 2.44.